The Bertz CT molecular complexity index is 360. The predicted molar refractivity (Wildman–Crippen MR) is 86.9 cm³/mol. The number of piperidine rings is 1. The fourth-order valence-corrected chi connectivity index (χ4v) is 4.32. The third kappa shape index (κ3) is 3.59. The number of likely N-dealkylation sites (tertiary alicyclic amines) is 1. The van der Waals surface area contributed by atoms with Crippen LogP contribution in [0.1, 0.15) is 52.9 Å². The van der Waals surface area contributed by atoms with Gasteiger partial charge in [0.1, 0.15) is 5.54 Å². The zero-order valence-electron chi connectivity index (χ0n) is 14.0. The molecule has 2 rings (SSSR count). The van der Waals surface area contributed by atoms with Crippen molar-refractivity contribution in [3.8, 4) is 0 Å². The van der Waals surface area contributed by atoms with Crippen molar-refractivity contribution in [1.82, 2.24) is 10.2 Å². The summed E-state index contributed by atoms with van der Waals surface area (Å²) in [6, 6.07) is 0. The molecule has 2 aliphatic rings. The summed E-state index contributed by atoms with van der Waals surface area (Å²) in [5, 5.41) is 3.42. The van der Waals surface area contributed by atoms with E-state index in [1.54, 1.807) is 0 Å². The van der Waals surface area contributed by atoms with E-state index in [0.29, 0.717) is 5.92 Å². The molecular formula is C17H33N3O. The molecule has 0 radical (unpaired) electrons. The van der Waals surface area contributed by atoms with Crippen LogP contribution in [0, 0.1) is 17.8 Å². The van der Waals surface area contributed by atoms with E-state index >= 15 is 0 Å². The number of rotatable bonds is 6. The number of nitrogens with zero attached hydrogens (tertiary/aromatic N) is 1. The van der Waals surface area contributed by atoms with Crippen molar-refractivity contribution >= 4 is 5.91 Å². The number of nitrogens with one attached hydrogen (secondary N) is 1. The molecule has 1 heterocycles. The summed E-state index contributed by atoms with van der Waals surface area (Å²) >= 11 is 0. The van der Waals surface area contributed by atoms with Gasteiger partial charge in [-0.25, -0.2) is 0 Å². The second-order valence-corrected chi connectivity index (χ2v) is 7.29. The van der Waals surface area contributed by atoms with Crippen molar-refractivity contribution in [2.24, 2.45) is 23.5 Å². The third-order valence-corrected chi connectivity index (χ3v) is 5.96. The molecule has 1 saturated heterocycles. The summed E-state index contributed by atoms with van der Waals surface area (Å²) in [4.78, 5) is 14.6. The zero-order valence-corrected chi connectivity index (χ0v) is 14.0. The fourth-order valence-electron chi connectivity index (χ4n) is 4.32. The van der Waals surface area contributed by atoms with Crippen molar-refractivity contribution in [2.75, 3.05) is 26.2 Å². The molecule has 2 fully saturated rings. The fraction of sp³-hybridized carbons (Fsp3) is 0.941. The van der Waals surface area contributed by atoms with Crippen LogP contribution in [0.2, 0.25) is 0 Å². The maximum atomic E-state index is 12.0. The number of primary amides is 1. The standard InChI is InChI=1S/C17H33N3O/c1-4-19-17(16(18)21)9-5-6-15(17)8-11-20-10-7-13(2)14(3)12-20/h13-15,19H,4-12H2,1-3H3,(H2,18,21). The predicted octanol–water partition coefficient (Wildman–Crippen LogP) is 1.99. The minimum Gasteiger partial charge on any atom is -0.368 e. The first-order valence-corrected chi connectivity index (χ1v) is 8.77. The van der Waals surface area contributed by atoms with Crippen molar-refractivity contribution in [3.63, 3.8) is 0 Å². The van der Waals surface area contributed by atoms with E-state index in [9.17, 15) is 4.79 Å². The van der Waals surface area contributed by atoms with Gasteiger partial charge >= 0.3 is 0 Å². The highest BCUT2D eigenvalue weighted by atomic mass is 16.1. The summed E-state index contributed by atoms with van der Waals surface area (Å²) in [7, 11) is 0. The van der Waals surface area contributed by atoms with Gasteiger partial charge in [0.15, 0.2) is 0 Å². The Morgan fingerprint density at radius 2 is 2.10 bits per heavy atom. The van der Waals surface area contributed by atoms with Gasteiger partial charge in [-0.05, 0) is 63.1 Å². The van der Waals surface area contributed by atoms with Gasteiger partial charge in [-0.15, -0.1) is 0 Å². The van der Waals surface area contributed by atoms with Crippen LogP contribution in [0.25, 0.3) is 0 Å². The molecule has 3 N–H and O–H groups in total. The molecule has 1 amide bonds. The molecule has 0 aromatic heterocycles. The van der Waals surface area contributed by atoms with E-state index in [1.165, 1.54) is 19.5 Å². The number of carbonyl (C=O) groups excluding carboxylic acids is 1. The summed E-state index contributed by atoms with van der Waals surface area (Å²) < 4.78 is 0. The van der Waals surface area contributed by atoms with Crippen LogP contribution in [0.4, 0.5) is 0 Å². The highest BCUT2D eigenvalue weighted by Crippen LogP contribution is 2.38. The second kappa shape index (κ2) is 7.10. The number of hydrogen-bond donors (Lipinski definition) is 2. The van der Waals surface area contributed by atoms with E-state index in [0.717, 1.165) is 50.6 Å². The SMILES string of the molecule is CCNC1(C(N)=O)CCCC1CCN1CCC(C)C(C)C1. The molecule has 1 aliphatic heterocycles. The van der Waals surface area contributed by atoms with Crippen LogP contribution >= 0.6 is 0 Å². The lowest BCUT2D eigenvalue weighted by Gasteiger charge is -2.38. The number of hydrogen-bond acceptors (Lipinski definition) is 3. The monoisotopic (exact) mass is 295 g/mol. The third-order valence-electron chi connectivity index (χ3n) is 5.96. The summed E-state index contributed by atoms with van der Waals surface area (Å²) in [5.74, 6) is 1.90. The van der Waals surface area contributed by atoms with Crippen LogP contribution in [0.5, 0.6) is 0 Å². The topological polar surface area (TPSA) is 58.4 Å². The Morgan fingerprint density at radius 1 is 1.33 bits per heavy atom. The smallest absolute Gasteiger partial charge is 0.238 e. The molecule has 0 aromatic carbocycles. The molecule has 21 heavy (non-hydrogen) atoms. The Morgan fingerprint density at radius 3 is 2.71 bits per heavy atom. The van der Waals surface area contributed by atoms with E-state index in [2.05, 4.69) is 31.0 Å². The number of nitrogens with two attached hydrogens (primary N) is 1. The van der Waals surface area contributed by atoms with Gasteiger partial charge in [-0.2, -0.15) is 0 Å². The van der Waals surface area contributed by atoms with Gasteiger partial charge in [-0.1, -0.05) is 27.2 Å². The summed E-state index contributed by atoms with van der Waals surface area (Å²) in [5.41, 5.74) is 5.30. The zero-order chi connectivity index (χ0) is 15.5. The van der Waals surface area contributed by atoms with Gasteiger partial charge in [0.05, 0.1) is 0 Å². The van der Waals surface area contributed by atoms with E-state index in [4.69, 9.17) is 5.73 Å². The molecule has 4 nitrogen and oxygen atoms in total. The van der Waals surface area contributed by atoms with Gasteiger partial charge in [0.2, 0.25) is 5.91 Å². The molecule has 0 bridgehead atoms. The van der Waals surface area contributed by atoms with Gasteiger partial charge in [0.25, 0.3) is 0 Å². The normalized spacial score (nSPS) is 37.8. The van der Waals surface area contributed by atoms with E-state index in [-0.39, 0.29) is 5.91 Å². The Balaban J connectivity index is 1.91. The lowest BCUT2D eigenvalue weighted by Crippen LogP contribution is -2.58. The molecule has 4 unspecified atom stereocenters. The van der Waals surface area contributed by atoms with Crippen molar-refractivity contribution in [1.29, 1.82) is 0 Å². The van der Waals surface area contributed by atoms with Gasteiger partial charge in [0, 0.05) is 6.54 Å². The molecule has 4 atom stereocenters. The van der Waals surface area contributed by atoms with Gasteiger partial charge in [-0.3, -0.25) is 4.79 Å². The van der Waals surface area contributed by atoms with Crippen LogP contribution in [-0.4, -0.2) is 42.5 Å². The van der Waals surface area contributed by atoms with Crippen LogP contribution in [0.3, 0.4) is 0 Å². The lowest BCUT2D eigenvalue weighted by molar-refractivity contribution is -0.126. The maximum Gasteiger partial charge on any atom is 0.238 e. The Labute approximate surface area is 129 Å². The van der Waals surface area contributed by atoms with E-state index in [1.807, 2.05) is 0 Å². The first kappa shape index (κ1) is 16.8. The molecule has 0 spiro atoms. The average Bonchev–Trinajstić information content (AvgIpc) is 2.85. The highest BCUT2D eigenvalue weighted by molar-refractivity contribution is 5.85. The molecule has 1 saturated carbocycles. The average molecular weight is 295 g/mol. The quantitative estimate of drug-likeness (QED) is 0.788. The Hall–Kier alpha value is -0.610. The number of amides is 1. The van der Waals surface area contributed by atoms with Gasteiger partial charge < -0.3 is 16.0 Å². The largest absolute Gasteiger partial charge is 0.368 e. The summed E-state index contributed by atoms with van der Waals surface area (Å²) in [6.07, 6.45) is 5.56. The number of likely N-dealkylation sites (N-methyl/N-ethyl adjacent to an activating group) is 1. The van der Waals surface area contributed by atoms with Crippen LogP contribution in [0.15, 0.2) is 0 Å². The molecule has 122 valence electrons. The lowest BCUT2D eigenvalue weighted by atomic mass is 9.83. The first-order chi connectivity index (χ1) is 9.99. The summed E-state index contributed by atoms with van der Waals surface area (Å²) in [6.45, 7) is 11.1. The molecular weight excluding hydrogens is 262 g/mol. The van der Waals surface area contributed by atoms with Crippen LogP contribution in [-0.2, 0) is 4.79 Å². The number of carbonyl (C=O) groups is 1. The van der Waals surface area contributed by atoms with Crippen molar-refractivity contribution < 1.29 is 4.79 Å². The van der Waals surface area contributed by atoms with Crippen molar-refractivity contribution in [2.45, 2.75) is 58.4 Å². The Kier molecular flexibility index (Phi) is 5.67. The highest BCUT2D eigenvalue weighted by Gasteiger charge is 2.46. The minimum absolute atomic E-state index is 0.146. The second-order valence-electron chi connectivity index (χ2n) is 7.29. The molecule has 4 heteroatoms. The maximum absolute atomic E-state index is 12.0. The van der Waals surface area contributed by atoms with Crippen LogP contribution < -0.4 is 11.1 Å². The van der Waals surface area contributed by atoms with Crippen molar-refractivity contribution in [3.05, 3.63) is 0 Å². The first-order valence-electron chi connectivity index (χ1n) is 8.77. The molecule has 1 aliphatic carbocycles. The molecule has 0 aromatic rings. The van der Waals surface area contributed by atoms with E-state index < -0.39 is 5.54 Å². The minimum atomic E-state index is -0.441.